The van der Waals surface area contributed by atoms with Gasteiger partial charge < -0.3 is 0 Å². The van der Waals surface area contributed by atoms with E-state index >= 15 is 0 Å². The van der Waals surface area contributed by atoms with Crippen LogP contribution in [0.2, 0.25) is 0 Å². The monoisotopic (exact) mass is 361 g/mol. The van der Waals surface area contributed by atoms with Gasteiger partial charge in [-0.15, -0.1) is 0 Å². The van der Waals surface area contributed by atoms with Crippen molar-refractivity contribution in [2.75, 3.05) is 0 Å². The highest BCUT2D eigenvalue weighted by molar-refractivity contribution is 9.10. The molecule has 1 unspecified atom stereocenters. The molecule has 0 spiro atoms. The van der Waals surface area contributed by atoms with Gasteiger partial charge in [0.25, 0.3) is 5.91 Å². The minimum Gasteiger partial charge on any atom is -0.272 e. The van der Waals surface area contributed by atoms with E-state index in [0.29, 0.717) is 12.3 Å². The molecule has 1 N–H and O–H groups in total. The van der Waals surface area contributed by atoms with Crippen molar-refractivity contribution in [3.8, 4) is 0 Å². The van der Waals surface area contributed by atoms with Gasteiger partial charge in [-0.05, 0) is 47.0 Å². The summed E-state index contributed by atoms with van der Waals surface area (Å²) in [6, 6.07) is 0. The van der Waals surface area contributed by atoms with Crippen LogP contribution in [0.25, 0.3) is 0 Å². The minimum atomic E-state index is -3.56. The largest absolute Gasteiger partial charge is 0.272 e. The zero-order valence-corrected chi connectivity index (χ0v) is 13.2. The Bertz CT molecular complexity index is 628. The molecule has 0 saturated heterocycles. The van der Waals surface area contributed by atoms with Crippen LogP contribution in [0.5, 0.6) is 0 Å². The lowest BCUT2D eigenvalue weighted by molar-refractivity contribution is -0.120. The Kier molecular flexibility index (Phi) is 3.62. The molecule has 8 heteroatoms. The number of sulfonamides is 1. The van der Waals surface area contributed by atoms with Gasteiger partial charge in [-0.1, -0.05) is 6.42 Å². The van der Waals surface area contributed by atoms with Gasteiger partial charge in [-0.2, -0.15) is 5.10 Å². The first-order chi connectivity index (χ1) is 9.44. The topological polar surface area (TPSA) is 81.1 Å². The molecule has 0 radical (unpaired) electrons. The third-order valence-electron chi connectivity index (χ3n) is 4.24. The molecule has 3 atom stereocenters. The molecular formula is C12H16BrN3O3S. The van der Waals surface area contributed by atoms with Gasteiger partial charge >= 0.3 is 0 Å². The Morgan fingerprint density at radius 2 is 2.25 bits per heavy atom. The van der Waals surface area contributed by atoms with Crippen LogP contribution in [0.4, 0.5) is 0 Å². The summed E-state index contributed by atoms with van der Waals surface area (Å²) in [5.74, 6) is 0.214. The average Bonchev–Trinajstić information content (AvgIpc) is 3.04. The van der Waals surface area contributed by atoms with Crippen LogP contribution in [0.1, 0.15) is 25.7 Å². The van der Waals surface area contributed by atoms with Crippen molar-refractivity contribution in [2.45, 2.75) is 37.5 Å². The molecule has 0 aliphatic heterocycles. The molecule has 2 fully saturated rings. The number of aromatic nitrogens is 2. The maximum Gasteiger partial charge on any atom is 0.255 e. The van der Waals surface area contributed by atoms with Crippen LogP contribution in [-0.4, -0.2) is 29.4 Å². The highest BCUT2D eigenvalue weighted by Gasteiger charge is 2.46. The van der Waals surface area contributed by atoms with Gasteiger partial charge in [-0.25, -0.2) is 8.42 Å². The fraction of sp³-hybridized carbons (Fsp3) is 0.667. The Hall–Kier alpha value is -0.890. The fourth-order valence-corrected chi connectivity index (χ4v) is 5.55. The van der Waals surface area contributed by atoms with E-state index in [2.05, 4.69) is 25.8 Å². The van der Waals surface area contributed by atoms with Crippen LogP contribution in [0.3, 0.4) is 0 Å². The Morgan fingerprint density at radius 1 is 1.45 bits per heavy atom. The van der Waals surface area contributed by atoms with Crippen LogP contribution in [-0.2, 0) is 21.4 Å². The molecule has 1 amide bonds. The second kappa shape index (κ2) is 5.14. The van der Waals surface area contributed by atoms with Crippen molar-refractivity contribution in [3.05, 3.63) is 16.9 Å². The summed E-state index contributed by atoms with van der Waals surface area (Å²) in [5, 5.41) is 3.54. The third kappa shape index (κ3) is 2.76. The van der Waals surface area contributed by atoms with Gasteiger partial charge in [-0.3, -0.25) is 14.2 Å². The zero-order chi connectivity index (χ0) is 14.3. The van der Waals surface area contributed by atoms with Crippen molar-refractivity contribution in [1.82, 2.24) is 14.5 Å². The average molecular weight is 362 g/mol. The van der Waals surface area contributed by atoms with Crippen LogP contribution >= 0.6 is 15.9 Å². The molecule has 1 aromatic heterocycles. The number of nitrogens with zero attached hydrogens (tertiary/aromatic N) is 2. The van der Waals surface area contributed by atoms with E-state index in [1.54, 1.807) is 12.4 Å². The van der Waals surface area contributed by atoms with E-state index in [-0.39, 0.29) is 12.5 Å². The SMILES string of the molecule is O=C(Cn1cc(Br)cn1)NS(=O)(=O)C1C[C@@H]2CC[C@H]1C2. The van der Waals surface area contributed by atoms with E-state index in [9.17, 15) is 13.2 Å². The number of halogens is 1. The molecule has 6 nitrogen and oxygen atoms in total. The van der Waals surface area contributed by atoms with Gasteiger partial charge in [0.1, 0.15) is 6.54 Å². The highest BCUT2D eigenvalue weighted by atomic mass is 79.9. The Morgan fingerprint density at radius 3 is 2.80 bits per heavy atom. The van der Waals surface area contributed by atoms with Gasteiger partial charge in [0.05, 0.1) is 15.9 Å². The molecule has 2 aliphatic rings. The van der Waals surface area contributed by atoms with Gasteiger partial charge in [0.15, 0.2) is 0 Å². The smallest absolute Gasteiger partial charge is 0.255 e. The lowest BCUT2D eigenvalue weighted by atomic mass is 10.0. The first kappa shape index (κ1) is 14.1. The van der Waals surface area contributed by atoms with E-state index < -0.39 is 21.2 Å². The van der Waals surface area contributed by atoms with Gasteiger partial charge in [0.2, 0.25) is 10.0 Å². The quantitative estimate of drug-likeness (QED) is 0.875. The molecule has 2 saturated carbocycles. The Balaban J connectivity index is 1.63. The first-order valence-electron chi connectivity index (χ1n) is 6.66. The second-order valence-electron chi connectivity index (χ2n) is 5.64. The zero-order valence-electron chi connectivity index (χ0n) is 10.8. The fourth-order valence-electron chi connectivity index (χ4n) is 3.40. The number of nitrogens with one attached hydrogen (secondary N) is 1. The predicted octanol–water partition coefficient (Wildman–Crippen LogP) is 1.28. The van der Waals surface area contributed by atoms with Crippen molar-refractivity contribution in [3.63, 3.8) is 0 Å². The summed E-state index contributed by atoms with van der Waals surface area (Å²) in [6.45, 7) is -0.0916. The lowest BCUT2D eigenvalue weighted by Gasteiger charge is -2.21. The van der Waals surface area contributed by atoms with Gasteiger partial charge in [0, 0.05) is 6.20 Å². The number of fused-ring (bicyclic) bond motifs is 2. The van der Waals surface area contributed by atoms with E-state index in [1.807, 2.05) is 0 Å². The highest BCUT2D eigenvalue weighted by Crippen LogP contribution is 2.47. The molecule has 110 valence electrons. The number of amides is 1. The minimum absolute atomic E-state index is 0.0916. The second-order valence-corrected chi connectivity index (χ2v) is 8.46. The number of carbonyl (C=O) groups excluding carboxylic acids is 1. The summed E-state index contributed by atoms with van der Waals surface area (Å²) in [6.07, 6.45) is 6.97. The number of rotatable bonds is 4. The molecule has 2 bridgehead atoms. The molecule has 20 heavy (non-hydrogen) atoms. The van der Waals surface area contributed by atoms with Crippen molar-refractivity contribution in [2.24, 2.45) is 11.8 Å². The molecule has 1 aromatic rings. The summed E-state index contributed by atoms with van der Waals surface area (Å²) in [5.41, 5.74) is 0. The van der Waals surface area contributed by atoms with Crippen LogP contribution in [0, 0.1) is 11.8 Å². The van der Waals surface area contributed by atoms with Crippen LogP contribution < -0.4 is 4.72 Å². The summed E-state index contributed by atoms with van der Waals surface area (Å²) < 4.78 is 28.9. The van der Waals surface area contributed by atoms with Crippen molar-refractivity contribution >= 4 is 31.9 Å². The van der Waals surface area contributed by atoms with Crippen LogP contribution in [0.15, 0.2) is 16.9 Å². The number of hydrogen-bond acceptors (Lipinski definition) is 4. The van der Waals surface area contributed by atoms with Crippen molar-refractivity contribution < 1.29 is 13.2 Å². The van der Waals surface area contributed by atoms with Crippen molar-refractivity contribution in [1.29, 1.82) is 0 Å². The third-order valence-corrected chi connectivity index (χ3v) is 6.53. The number of carbonyl (C=O) groups is 1. The molecule has 1 heterocycles. The maximum atomic E-state index is 12.3. The maximum absolute atomic E-state index is 12.3. The number of hydrogen-bond donors (Lipinski definition) is 1. The summed E-state index contributed by atoms with van der Waals surface area (Å²) in [4.78, 5) is 11.8. The standard InChI is InChI=1S/C12H16BrN3O3S/c13-10-5-14-16(6-10)7-12(17)15-20(18,19)11-4-8-1-2-9(11)3-8/h5-6,8-9,11H,1-4,7H2,(H,15,17)/t8-,9+,11?/m1/s1. The van der Waals surface area contributed by atoms with E-state index in [4.69, 9.17) is 0 Å². The molecule has 2 aliphatic carbocycles. The van der Waals surface area contributed by atoms with E-state index in [1.165, 1.54) is 4.68 Å². The molecule has 3 rings (SSSR count). The molecular weight excluding hydrogens is 346 g/mol. The summed E-state index contributed by atoms with van der Waals surface area (Å²) >= 11 is 3.23. The summed E-state index contributed by atoms with van der Waals surface area (Å²) in [7, 11) is -3.56. The normalized spacial score (nSPS) is 28.8. The van der Waals surface area contributed by atoms with E-state index in [0.717, 1.165) is 23.7 Å². The predicted molar refractivity (Wildman–Crippen MR) is 76.2 cm³/mol. The molecule has 0 aromatic carbocycles. The first-order valence-corrected chi connectivity index (χ1v) is 9.00. The Labute approximate surface area is 126 Å². The lowest BCUT2D eigenvalue weighted by Crippen LogP contribution is -2.42.